The number of amides is 2. The number of aryl methyl sites for hydroxylation is 1. The standard InChI is InChI=1S/C21H26N4O4/c1-28-18-6-3-16(4-7-18)12-24-13-19(29-2)14-25(15-21(24)27)20(26)8-5-17-11-22-9-10-23-17/h3-4,6-7,9-11,19H,5,8,12-15H2,1-2H3. The normalized spacial score (nSPS) is 17.2. The number of methoxy groups -OCH3 is 2. The van der Waals surface area contributed by atoms with Crippen molar-refractivity contribution in [3.63, 3.8) is 0 Å². The molecule has 1 unspecified atom stereocenters. The number of carbonyl (C=O) groups is 2. The van der Waals surface area contributed by atoms with E-state index in [1.807, 2.05) is 24.3 Å². The van der Waals surface area contributed by atoms with Crippen molar-refractivity contribution in [1.29, 1.82) is 0 Å². The van der Waals surface area contributed by atoms with Crippen molar-refractivity contribution in [2.45, 2.75) is 25.5 Å². The summed E-state index contributed by atoms with van der Waals surface area (Å²) in [5.74, 6) is 0.594. The van der Waals surface area contributed by atoms with Crippen LogP contribution in [0.1, 0.15) is 17.7 Å². The van der Waals surface area contributed by atoms with E-state index in [1.54, 1.807) is 42.6 Å². The van der Waals surface area contributed by atoms with Crippen LogP contribution in [0.3, 0.4) is 0 Å². The lowest BCUT2D eigenvalue weighted by molar-refractivity contribution is -0.139. The van der Waals surface area contributed by atoms with Gasteiger partial charge >= 0.3 is 0 Å². The van der Waals surface area contributed by atoms with Crippen molar-refractivity contribution < 1.29 is 19.1 Å². The van der Waals surface area contributed by atoms with Gasteiger partial charge in [0.25, 0.3) is 0 Å². The van der Waals surface area contributed by atoms with Crippen molar-refractivity contribution in [2.24, 2.45) is 0 Å². The van der Waals surface area contributed by atoms with Crippen molar-refractivity contribution >= 4 is 11.8 Å². The van der Waals surface area contributed by atoms with Gasteiger partial charge in [-0.3, -0.25) is 19.6 Å². The maximum Gasteiger partial charge on any atom is 0.242 e. The Balaban J connectivity index is 1.63. The highest BCUT2D eigenvalue weighted by atomic mass is 16.5. The van der Waals surface area contributed by atoms with Crippen LogP contribution in [0.5, 0.6) is 5.75 Å². The topological polar surface area (TPSA) is 84.9 Å². The third-order valence-corrected chi connectivity index (χ3v) is 4.96. The molecule has 2 heterocycles. The summed E-state index contributed by atoms with van der Waals surface area (Å²) in [6, 6.07) is 7.60. The Kier molecular flexibility index (Phi) is 7.13. The first kappa shape index (κ1) is 20.7. The molecule has 0 aliphatic carbocycles. The highest BCUT2D eigenvalue weighted by Crippen LogP contribution is 2.16. The highest BCUT2D eigenvalue weighted by Gasteiger charge is 2.30. The molecule has 3 rings (SSSR count). The van der Waals surface area contributed by atoms with Gasteiger partial charge in [-0.2, -0.15) is 0 Å². The molecule has 1 aliphatic rings. The molecule has 2 aromatic rings. The van der Waals surface area contributed by atoms with Gasteiger partial charge in [0, 0.05) is 51.8 Å². The lowest BCUT2D eigenvalue weighted by Crippen LogP contribution is -2.39. The first-order valence-corrected chi connectivity index (χ1v) is 9.55. The molecule has 1 atom stereocenters. The van der Waals surface area contributed by atoms with Gasteiger partial charge in [0.1, 0.15) is 5.75 Å². The summed E-state index contributed by atoms with van der Waals surface area (Å²) in [4.78, 5) is 37.1. The minimum Gasteiger partial charge on any atom is -0.497 e. The molecule has 0 saturated carbocycles. The molecule has 0 N–H and O–H groups in total. The molecule has 154 valence electrons. The van der Waals surface area contributed by atoms with Crippen LogP contribution in [0.15, 0.2) is 42.9 Å². The molecule has 8 nitrogen and oxygen atoms in total. The number of benzene rings is 1. The van der Waals surface area contributed by atoms with Gasteiger partial charge in [-0.15, -0.1) is 0 Å². The minimum atomic E-state index is -0.236. The molecule has 8 heteroatoms. The fraction of sp³-hybridized carbons (Fsp3) is 0.429. The second kappa shape index (κ2) is 9.97. The SMILES string of the molecule is COc1ccc(CN2CC(OC)CN(C(=O)CCc3cnccn3)CC2=O)cc1. The third-order valence-electron chi connectivity index (χ3n) is 4.96. The van der Waals surface area contributed by atoms with Crippen LogP contribution in [0.2, 0.25) is 0 Å². The number of carbonyl (C=O) groups excluding carboxylic acids is 2. The third kappa shape index (κ3) is 5.74. The fourth-order valence-corrected chi connectivity index (χ4v) is 3.27. The van der Waals surface area contributed by atoms with Gasteiger partial charge in [0.2, 0.25) is 11.8 Å². The van der Waals surface area contributed by atoms with Crippen LogP contribution in [0, 0.1) is 0 Å². The maximum absolute atomic E-state index is 12.8. The first-order chi connectivity index (χ1) is 14.1. The molecule has 0 bridgehead atoms. The average molecular weight is 398 g/mol. The quantitative estimate of drug-likeness (QED) is 0.699. The fourth-order valence-electron chi connectivity index (χ4n) is 3.27. The van der Waals surface area contributed by atoms with Crippen LogP contribution in [0.25, 0.3) is 0 Å². The minimum absolute atomic E-state index is 0.0509. The molecule has 0 radical (unpaired) electrons. The summed E-state index contributed by atoms with van der Waals surface area (Å²) in [5, 5.41) is 0. The van der Waals surface area contributed by atoms with Crippen molar-refractivity contribution in [3.05, 3.63) is 54.1 Å². The second-order valence-electron chi connectivity index (χ2n) is 6.95. The van der Waals surface area contributed by atoms with Crippen LogP contribution >= 0.6 is 0 Å². The Bertz CT molecular complexity index is 813. The monoisotopic (exact) mass is 398 g/mol. The molecule has 1 aromatic carbocycles. The molecule has 2 amide bonds. The van der Waals surface area contributed by atoms with Gasteiger partial charge in [-0.25, -0.2) is 0 Å². The maximum atomic E-state index is 12.8. The van der Waals surface area contributed by atoms with Gasteiger partial charge in [-0.05, 0) is 24.1 Å². The Morgan fingerprint density at radius 2 is 1.97 bits per heavy atom. The smallest absolute Gasteiger partial charge is 0.242 e. The van der Waals surface area contributed by atoms with E-state index >= 15 is 0 Å². The summed E-state index contributed by atoms with van der Waals surface area (Å²) in [6.45, 7) is 1.34. The second-order valence-corrected chi connectivity index (χ2v) is 6.95. The van der Waals surface area contributed by atoms with Crippen molar-refractivity contribution in [3.8, 4) is 5.75 Å². The predicted octanol–water partition coefficient (Wildman–Crippen LogP) is 1.30. The van der Waals surface area contributed by atoms with Gasteiger partial charge in [-0.1, -0.05) is 12.1 Å². The average Bonchev–Trinajstić information content (AvgIpc) is 2.92. The van der Waals surface area contributed by atoms with Gasteiger partial charge in [0.15, 0.2) is 0 Å². The predicted molar refractivity (Wildman–Crippen MR) is 106 cm³/mol. The summed E-state index contributed by atoms with van der Waals surface area (Å²) in [7, 11) is 3.22. The zero-order chi connectivity index (χ0) is 20.6. The molecule has 1 aromatic heterocycles. The van der Waals surface area contributed by atoms with Crippen molar-refractivity contribution in [1.82, 2.24) is 19.8 Å². The largest absolute Gasteiger partial charge is 0.497 e. The van der Waals surface area contributed by atoms with E-state index in [-0.39, 0.29) is 30.9 Å². The Morgan fingerprint density at radius 3 is 2.62 bits per heavy atom. The number of ether oxygens (including phenoxy) is 2. The molecule has 1 aliphatic heterocycles. The van der Waals surface area contributed by atoms with E-state index in [9.17, 15) is 9.59 Å². The Morgan fingerprint density at radius 1 is 1.17 bits per heavy atom. The zero-order valence-corrected chi connectivity index (χ0v) is 16.8. The summed E-state index contributed by atoms with van der Waals surface area (Å²) in [6.07, 6.45) is 5.38. The number of nitrogens with zero attached hydrogens (tertiary/aromatic N) is 4. The van der Waals surface area contributed by atoms with E-state index < -0.39 is 0 Å². The zero-order valence-electron chi connectivity index (χ0n) is 16.8. The van der Waals surface area contributed by atoms with E-state index in [1.165, 1.54) is 0 Å². The summed E-state index contributed by atoms with van der Waals surface area (Å²) < 4.78 is 10.7. The van der Waals surface area contributed by atoms with Crippen LogP contribution in [-0.4, -0.2) is 71.5 Å². The van der Waals surface area contributed by atoms with Crippen molar-refractivity contribution in [2.75, 3.05) is 33.9 Å². The van der Waals surface area contributed by atoms with Crippen LogP contribution in [0.4, 0.5) is 0 Å². The summed E-state index contributed by atoms with van der Waals surface area (Å²) >= 11 is 0. The van der Waals surface area contributed by atoms with Gasteiger partial charge < -0.3 is 19.3 Å². The lowest BCUT2D eigenvalue weighted by Gasteiger charge is -2.23. The Labute approximate surface area is 170 Å². The molecular formula is C21H26N4O4. The van der Waals surface area contributed by atoms with E-state index in [0.29, 0.717) is 26.1 Å². The molecule has 1 fully saturated rings. The number of aromatic nitrogens is 2. The number of rotatable bonds is 7. The highest BCUT2D eigenvalue weighted by molar-refractivity contribution is 5.85. The molecular weight excluding hydrogens is 372 g/mol. The Hall–Kier alpha value is -3.00. The number of hydrogen-bond acceptors (Lipinski definition) is 6. The number of hydrogen-bond donors (Lipinski definition) is 0. The molecule has 0 spiro atoms. The molecule has 29 heavy (non-hydrogen) atoms. The van der Waals surface area contributed by atoms with E-state index in [0.717, 1.165) is 17.0 Å². The first-order valence-electron chi connectivity index (χ1n) is 9.55. The van der Waals surface area contributed by atoms with E-state index in [4.69, 9.17) is 9.47 Å². The summed E-state index contributed by atoms with van der Waals surface area (Å²) in [5.41, 5.74) is 1.75. The van der Waals surface area contributed by atoms with Crippen LogP contribution < -0.4 is 4.74 Å². The van der Waals surface area contributed by atoms with Crippen LogP contribution in [-0.2, 0) is 27.3 Å². The molecule has 1 saturated heterocycles. The van der Waals surface area contributed by atoms with E-state index in [2.05, 4.69) is 9.97 Å². The lowest BCUT2D eigenvalue weighted by atomic mass is 10.2. The van der Waals surface area contributed by atoms with Gasteiger partial charge in [0.05, 0.1) is 25.5 Å².